The number of aromatic nitrogens is 1. The molecule has 0 spiro atoms. The Bertz CT molecular complexity index is 622. The molecular formula is C20H25N3O. The largest absolute Gasteiger partial charge is 0.323 e. The second-order valence-corrected chi connectivity index (χ2v) is 6.40. The molecule has 4 nitrogen and oxygen atoms in total. The Hall–Kier alpha value is -2.36. The van der Waals surface area contributed by atoms with Crippen LogP contribution in [-0.4, -0.2) is 22.0 Å². The number of benzene rings is 1. The van der Waals surface area contributed by atoms with E-state index in [0.29, 0.717) is 18.4 Å². The summed E-state index contributed by atoms with van der Waals surface area (Å²) in [5.74, 6) is 0.606. The Labute approximate surface area is 143 Å². The molecule has 3 rings (SSSR count). The van der Waals surface area contributed by atoms with Crippen LogP contribution in [0.2, 0.25) is 0 Å². The number of nitrogens with one attached hydrogen (secondary N) is 1. The molecule has 126 valence electrons. The van der Waals surface area contributed by atoms with Gasteiger partial charge in [-0.1, -0.05) is 62.1 Å². The van der Waals surface area contributed by atoms with Crippen LogP contribution in [0.15, 0.2) is 54.7 Å². The van der Waals surface area contributed by atoms with Crippen molar-refractivity contribution in [1.82, 2.24) is 9.88 Å². The van der Waals surface area contributed by atoms with Crippen LogP contribution >= 0.6 is 0 Å². The lowest BCUT2D eigenvalue weighted by atomic mass is 10.1. The van der Waals surface area contributed by atoms with Crippen molar-refractivity contribution in [2.75, 3.05) is 5.32 Å². The lowest BCUT2D eigenvalue weighted by molar-refractivity contribution is 0.175. The zero-order valence-electron chi connectivity index (χ0n) is 14.0. The first-order valence-corrected chi connectivity index (χ1v) is 8.85. The van der Waals surface area contributed by atoms with Crippen molar-refractivity contribution >= 4 is 11.8 Å². The summed E-state index contributed by atoms with van der Waals surface area (Å²) in [6, 6.07) is 16.0. The van der Waals surface area contributed by atoms with Crippen LogP contribution in [0, 0.1) is 0 Å². The minimum absolute atomic E-state index is 0.0514. The van der Waals surface area contributed by atoms with Crippen LogP contribution in [0.4, 0.5) is 10.6 Å². The Kier molecular flexibility index (Phi) is 5.83. The van der Waals surface area contributed by atoms with Gasteiger partial charge in [0.05, 0.1) is 0 Å². The molecule has 2 amide bonds. The van der Waals surface area contributed by atoms with E-state index in [2.05, 4.69) is 22.4 Å². The van der Waals surface area contributed by atoms with Crippen molar-refractivity contribution in [2.45, 2.75) is 51.1 Å². The summed E-state index contributed by atoms with van der Waals surface area (Å²) in [4.78, 5) is 19.1. The van der Waals surface area contributed by atoms with Crippen molar-refractivity contribution in [3.05, 3.63) is 60.3 Å². The number of anilines is 1. The van der Waals surface area contributed by atoms with Gasteiger partial charge in [-0.15, -0.1) is 0 Å². The van der Waals surface area contributed by atoms with E-state index < -0.39 is 0 Å². The molecular weight excluding hydrogens is 298 g/mol. The Balaban J connectivity index is 1.76. The number of carbonyl (C=O) groups excluding carboxylic acids is 1. The predicted octanol–water partition coefficient (Wildman–Crippen LogP) is 4.84. The average Bonchev–Trinajstić information content (AvgIpc) is 2.90. The van der Waals surface area contributed by atoms with Gasteiger partial charge in [-0.2, -0.15) is 0 Å². The van der Waals surface area contributed by atoms with Gasteiger partial charge >= 0.3 is 6.03 Å². The maximum absolute atomic E-state index is 12.9. The molecule has 0 saturated heterocycles. The van der Waals surface area contributed by atoms with E-state index in [9.17, 15) is 4.79 Å². The van der Waals surface area contributed by atoms with Crippen molar-refractivity contribution in [2.24, 2.45) is 0 Å². The van der Waals surface area contributed by atoms with Gasteiger partial charge in [-0.3, -0.25) is 5.32 Å². The third-order valence-electron chi connectivity index (χ3n) is 4.62. The van der Waals surface area contributed by atoms with Crippen molar-refractivity contribution < 1.29 is 4.79 Å². The van der Waals surface area contributed by atoms with E-state index in [0.717, 1.165) is 18.4 Å². The summed E-state index contributed by atoms with van der Waals surface area (Å²) < 4.78 is 0. The minimum atomic E-state index is -0.0514. The first-order chi connectivity index (χ1) is 11.8. The number of nitrogens with zero attached hydrogens (tertiary/aromatic N) is 2. The molecule has 0 atom stereocenters. The molecule has 4 heteroatoms. The number of hydrogen-bond donors (Lipinski definition) is 1. The fourth-order valence-corrected chi connectivity index (χ4v) is 3.33. The van der Waals surface area contributed by atoms with Gasteiger partial charge in [0.2, 0.25) is 0 Å². The van der Waals surface area contributed by atoms with Crippen LogP contribution in [0.5, 0.6) is 0 Å². The highest BCUT2D eigenvalue weighted by molar-refractivity contribution is 5.88. The molecule has 0 bridgehead atoms. The molecule has 1 aromatic carbocycles. The standard InChI is InChI=1S/C20H25N3O/c24-20(22-19-14-8-9-15-21-19)23(16-17-10-4-3-5-11-17)18-12-6-1-2-7-13-18/h3-5,8-11,14-15,18H,1-2,6-7,12-13,16H2,(H,21,22,24). The second-order valence-electron chi connectivity index (χ2n) is 6.40. The minimum Gasteiger partial charge on any atom is -0.317 e. The average molecular weight is 323 g/mol. The highest BCUT2D eigenvalue weighted by Gasteiger charge is 2.25. The third-order valence-corrected chi connectivity index (χ3v) is 4.62. The van der Waals surface area contributed by atoms with Crippen molar-refractivity contribution in [3.8, 4) is 0 Å². The summed E-state index contributed by atoms with van der Waals surface area (Å²) in [5, 5.41) is 2.96. The molecule has 2 aromatic rings. The fourth-order valence-electron chi connectivity index (χ4n) is 3.33. The predicted molar refractivity (Wildman–Crippen MR) is 96.7 cm³/mol. The van der Waals surface area contributed by atoms with Gasteiger partial charge in [0.1, 0.15) is 5.82 Å². The quantitative estimate of drug-likeness (QED) is 0.818. The normalized spacial score (nSPS) is 15.5. The maximum Gasteiger partial charge on any atom is 0.323 e. The van der Waals surface area contributed by atoms with Crippen LogP contribution < -0.4 is 5.32 Å². The van der Waals surface area contributed by atoms with Crippen LogP contribution in [0.25, 0.3) is 0 Å². The topological polar surface area (TPSA) is 45.2 Å². The molecule has 1 aromatic heterocycles. The first-order valence-electron chi connectivity index (χ1n) is 8.85. The van der Waals surface area contributed by atoms with E-state index in [1.165, 1.54) is 25.7 Å². The third kappa shape index (κ3) is 4.57. The molecule has 1 aliphatic carbocycles. The van der Waals surface area contributed by atoms with Crippen molar-refractivity contribution in [3.63, 3.8) is 0 Å². The molecule has 1 aliphatic rings. The Morgan fingerprint density at radius 1 is 1.00 bits per heavy atom. The lowest BCUT2D eigenvalue weighted by Crippen LogP contribution is -2.42. The summed E-state index contributed by atoms with van der Waals surface area (Å²) in [6.45, 7) is 0.643. The summed E-state index contributed by atoms with van der Waals surface area (Å²) >= 11 is 0. The highest BCUT2D eigenvalue weighted by Crippen LogP contribution is 2.24. The lowest BCUT2D eigenvalue weighted by Gasteiger charge is -2.31. The smallest absolute Gasteiger partial charge is 0.317 e. The molecule has 1 saturated carbocycles. The number of carbonyl (C=O) groups is 1. The molecule has 0 unspecified atom stereocenters. The molecule has 0 radical (unpaired) electrons. The molecule has 1 fully saturated rings. The zero-order valence-corrected chi connectivity index (χ0v) is 14.0. The summed E-state index contributed by atoms with van der Waals surface area (Å²) in [6.07, 6.45) is 8.82. The molecule has 0 aliphatic heterocycles. The number of hydrogen-bond acceptors (Lipinski definition) is 2. The maximum atomic E-state index is 12.9. The molecule has 24 heavy (non-hydrogen) atoms. The van der Waals surface area contributed by atoms with Gasteiger partial charge in [0.25, 0.3) is 0 Å². The number of urea groups is 1. The fraction of sp³-hybridized carbons (Fsp3) is 0.400. The summed E-state index contributed by atoms with van der Waals surface area (Å²) in [7, 11) is 0. The van der Waals surface area contributed by atoms with E-state index >= 15 is 0 Å². The van der Waals surface area contributed by atoms with Gasteiger partial charge in [0.15, 0.2) is 0 Å². The Morgan fingerprint density at radius 2 is 1.71 bits per heavy atom. The van der Waals surface area contributed by atoms with Gasteiger partial charge < -0.3 is 4.90 Å². The Morgan fingerprint density at radius 3 is 2.38 bits per heavy atom. The number of amides is 2. The molecule has 1 N–H and O–H groups in total. The highest BCUT2D eigenvalue weighted by atomic mass is 16.2. The van der Waals surface area contributed by atoms with Gasteiger partial charge in [-0.05, 0) is 30.5 Å². The van der Waals surface area contributed by atoms with Crippen LogP contribution in [0.3, 0.4) is 0 Å². The van der Waals surface area contributed by atoms with E-state index in [-0.39, 0.29) is 6.03 Å². The van der Waals surface area contributed by atoms with E-state index in [4.69, 9.17) is 0 Å². The monoisotopic (exact) mass is 323 g/mol. The summed E-state index contributed by atoms with van der Waals surface area (Å²) in [5.41, 5.74) is 1.16. The number of rotatable bonds is 4. The van der Waals surface area contributed by atoms with E-state index in [1.54, 1.807) is 6.20 Å². The van der Waals surface area contributed by atoms with Crippen molar-refractivity contribution in [1.29, 1.82) is 0 Å². The zero-order chi connectivity index (χ0) is 16.6. The van der Waals surface area contributed by atoms with Crippen LogP contribution in [-0.2, 0) is 6.54 Å². The van der Waals surface area contributed by atoms with E-state index in [1.807, 2.05) is 41.3 Å². The SMILES string of the molecule is O=C(Nc1ccccn1)N(Cc1ccccc1)C1CCCCCC1. The van der Waals surface area contributed by atoms with Crippen LogP contribution in [0.1, 0.15) is 44.1 Å². The number of pyridine rings is 1. The second kappa shape index (κ2) is 8.48. The van der Waals surface area contributed by atoms with Gasteiger partial charge in [-0.25, -0.2) is 9.78 Å². The van der Waals surface area contributed by atoms with Gasteiger partial charge in [0, 0.05) is 18.8 Å². The first kappa shape index (κ1) is 16.5. The molecule has 1 heterocycles.